The lowest BCUT2D eigenvalue weighted by atomic mass is 10.1. The second-order valence-electron chi connectivity index (χ2n) is 7.05. The number of nitrogens with one attached hydrogen (secondary N) is 2. The third-order valence-electron chi connectivity index (χ3n) is 4.91. The molecule has 3 aromatic rings. The molecule has 164 valence electrons. The van der Waals surface area contributed by atoms with E-state index in [0.29, 0.717) is 32.9 Å². The highest BCUT2D eigenvalue weighted by molar-refractivity contribution is 6.34. The Morgan fingerprint density at radius 1 is 1.12 bits per heavy atom. The first-order valence-corrected chi connectivity index (χ1v) is 10.7. The molecule has 2 aromatic carbocycles. The maximum absolute atomic E-state index is 11.7. The molecule has 1 aliphatic rings. The van der Waals surface area contributed by atoms with E-state index in [-0.39, 0.29) is 5.91 Å². The van der Waals surface area contributed by atoms with Crippen LogP contribution in [0.2, 0.25) is 10.0 Å². The number of benzene rings is 2. The van der Waals surface area contributed by atoms with Crippen molar-refractivity contribution in [2.24, 2.45) is 0 Å². The molecule has 0 atom stereocenters. The van der Waals surface area contributed by atoms with Crippen molar-refractivity contribution >= 4 is 52.1 Å². The first-order valence-electron chi connectivity index (χ1n) is 9.99. The zero-order valence-corrected chi connectivity index (χ0v) is 18.7. The molecule has 4 rings (SSSR count). The molecule has 1 amide bonds. The second kappa shape index (κ2) is 9.99. The van der Waals surface area contributed by atoms with Crippen LogP contribution < -0.4 is 15.5 Å². The van der Waals surface area contributed by atoms with Crippen molar-refractivity contribution in [1.29, 1.82) is 0 Å². The van der Waals surface area contributed by atoms with Crippen LogP contribution in [0, 0.1) is 0 Å². The number of anilines is 4. The Kier molecular flexibility index (Phi) is 6.90. The van der Waals surface area contributed by atoms with E-state index in [1.165, 1.54) is 12.3 Å². The summed E-state index contributed by atoms with van der Waals surface area (Å²) in [6.45, 7) is 6.60. The van der Waals surface area contributed by atoms with Crippen LogP contribution in [-0.4, -0.2) is 42.2 Å². The fourth-order valence-electron chi connectivity index (χ4n) is 3.31. The van der Waals surface area contributed by atoms with Crippen LogP contribution in [-0.2, 0) is 9.53 Å². The third kappa shape index (κ3) is 5.19. The zero-order chi connectivity index (χ0) is 22.5. The van der Waals surface area contributed by atoms with Gasteiger partial charge in [-0.3, -0.25) is 4.79 Å². The maximum Gasteiger partial charge on any atom is 0.247 e. The number of hydrogen-bond acceptors (Lipinski definition) is 6. The molecule has 1 aliphatic heterocycles. The van der Waals surface area contributed by atoms with Crippen LogP contribution in [0.25, 0.3) is 11.3 Å². The van der Waals surface area contributed by atoms with Crippen molar-refractivity contribution in [2.75, 3.05) is 41.8 Å². The number of carbonyl (C=O) groups excluding carboxylic acids is 1. The van der Waals surface area contributed by atoms with E-state index in [2.05, 4.69) is 38.1 Å². The number of nitrogens with zero attached hydrogens (tertiary/aromatic N) is 3. The zero-order valence-electron chi connectivity index (χ0n) is 17.1. The minimum absolute atomic E-state index is 0.361. The number of morpholine rings is 1. The average molecular weight is 470 g/mol. The molecule has 0 aliphatic carbocycles. The topological polar surface area (TPSA) is 79.4 Å². The summed E-state index contributed by atoms with van der Waals surface area (Å²) in [4.78, 5) is 22.9. The highest BCUT2D eigenvalue weighted by Gasteiger charge is 2.14. The highest BCUT2D eigenvalue weighted by Crippen LogP contribution is 2.32. The molecule has 2 heterocycles. The molecular weight excluding hydrogens is 449 g/mol. The smallest absolute Gasteiger partial charge is 0.247 e. The average Bonchev–Trinajstić information content (AvgIpc) is 2.82. The van der Waals surface area contributed by atoms with Gasteiger partial charge in [0.15, 0.2) is 0 Å². The van der Waals surface area contributed by atoms with Gasteiger partial charge in [-0.1, -0.05) is 41.9 Å². The number of carbonyl (C=O) groups is 1. The molecule has 1 saturated heterocycles. The predicted octanol–water partition coefficient (Wildman–Crippen LogP) is 5.16. The van der Waals surface area contributed by atoms with Gasteiger partial charge in [-0.15, -0.1) is 0 Å². The Bertz CT molecular complexity index is 1150. The maximum atomic E-state index is 11.7. The number of ether oxygens (including phenoxy) is 1. The molecule has 0 radical (unpaired) electrons. The van der Waals surface area contributed by atoms with Crippen LogP contribution in [0.4, 0.5) is 23.0 Å². The molecule has 9 heteroatoms. The van der Waals surface area contributed by atoms with Crippen molar-refractivity contribution in [2.45, 2.75) is 0 Å². The summed E-state index contributed by atoms with van der Waals surface area (Å²) in [5, 5.41) is 6.69. The summed E-state index contributed by atoms with van der Waals surface area (Å²) in [6, 6.07) is 13.2. The Balaban J connectivity index is 1.59. The van der Waals surface area contributed by atoms with Gasteiger partial charge in [0.1, 0.15) is 0 Å². The molecule has 0 saturated carbocycles. The SMILES string of the molecule is C=CC(=O)Nc1cc(-c2nc(Nc3cccc(N4CCOCC4)c3)ncc2Cl)ccc1Cl. The van der Waals surface area contributed by atoms with Crippen LogP contribution in [0.3, 0.4) is 0 Å². The summed E-state index contributed by atoms with van der Waals surface area (Å²) in [5.41, 5.74) is 3.60. The van der Waals surface area contributed by atoms with Gasteiger partial charge in [-0.05, 0) is 36.4 Å². The van der Waals surface area contributed by atoms with Crippen LogP contribution in [0.1, 0.15) is 0 Å². The Morgan fingerprint density at radius 3 is 2.72 bits per heavy atom. The van der Waals surface area contributed by atoms with E-state index >= 15 is 0 Å². The van der Waals surface area contributed by atoms with Crippen molar-refractivity contribution in [3.8, 4) is 11.3 Å². The third-order valence-corrected chi connectivity index (χ3v) is 5.51. The fourth-order valence-corrected chi connectivity index (χ4v) is 3.68. The number of aromatic nitrogens is 2. The van der Waals surface area contributed by atoms with Gasteiger partial charge in [0, 0.05) is 30.0 Å². The van der Waals surface area contributed by atoms with Gasteiger partial charge in [0.2, 0.25) is 11.9 Å². The first-order chi connectivity index (χ1) is 15.5. The van der Waals surface area contributed by atoms with E-state index in [0.717, 1.165) is 37.7 Å². The van der Waals surface area contributed by atoms with Crippen molar-refractivity contribution in [1.82, 2.24) is 9.97 Å². The van der Waals surface area contributed by atoms with E-state index in [1.54, 1.807) is 18.2 Å². The molecule has 7 nitrogen and oxygen atoms in total. The van der Waals surface area contributed by atoms with E-state index in [4.69, 9.17) is 27.9 Å². The van der Waals surface area contributed by atoms with Gasteiger partial charge in [0.05, 0.1) is 40.8 Å². The molecule has 2 N–H and O–H groups in total. The molecule has 0 unspecified atom stereocenters. The summed E-state index contributed by atoms with van der Waals surface area (Å²) >= 11 is 12.6. The quantitative estimate of drug-likeness (QED) is 0.485. The summed E-state index contributed by atoms with van der Waals surface area (Å²) in [5.74, 6) is 0.0375. The first kappa shape index (κ1) is 22.1. The summed E-state index contributed by atoms with van der Waals surface area (Å²) in [6.07, 6.45) is 2.71. The minimum atomic E-state index is -0.361. The molecule has 0 bridgehead atoms. The van der Waals surface area contributed by atoms with Crippen molar-refractivity contribution in [3.63, 3.8) is 0 Å². The predicted molar refractivity (Wildman–Crippen MR) is 129 cm³/mol. The second-order valence-corrected chi connectivity index (χ2v) is 7.87. The van der Waals surface area contributed by atoms with Gasteiger partial charge >= 0.3 is 0 Å². The summed E-state index contributed by atoms with van der Waals surface area (Å²) < 4.78 is 5.43. The van der Waals surface area contributed by atoms with Crippen LogP contribution in [0.15, 0.2) is 61.3 Å². The van der Waals surface area contributed by atoms with Gasteiger partial charge in [0.25, 0.3) is 0 Å². The summed E-state index contributed by atoms with van der Waals surface area (Å²) in [7, 11) is 0. The Labute approximate surface area is 196 Å². The van der Waals surface area contributed by atoms with Gasteiger partial charge in [-0.25, -0.2) is 9.97 Å². The van der Waals surface area contributed by atoms with E-state index in [1.807, 2.05) is 18.2 Å². The Hall–Kier alpha value is -3.13. The fraction of sp³-hybridized carbons (Fsp3) is 0.174. The Morgan fingerprint density at radius 2 is 1.94 bits per heavy atom. The minimum Gasteiger partial charge on any atom is -0.378 e. The lowest BCUT2D eigenvalue weighted by Crippen LogP contribution is -2.36. The molecule has 1 fully saturated rings. The molecule has 1 aromatic heterocycles. The van der Waals surface area contributed by atoms with E-state index < -0.39 is 0 Å². The molecule has 32 heavy (non-hydrogen) atoms. The molecular formula is C23H21Cl2N5O2. The van der Waals surface area contributed by atoms with Crippen molar-refractivity contribution in [3.05, 3.63) is 71.4 Å². The van der Waals surface area contributed by atoms with Crippen LogP contribution >= 0.6 is 23.2 Å². The highest BCUT2D eigenvalue weighted by atomic mass is 35.5. The lowest BCUT2D eigenvalue weighted by Gasteiger charge is -2.29. The largest absolute Gasteiger partial charge is 0.378 e. The van der Waals surface area contributed by atoms with E-state index in [9.17, 15) is 4.79 Å². The van der Waals surface area contributed by atoms with Gasteiger partial charge in [-0.2, -0.15) is 0 Å². The normalized spacial score (nSPS) is 13.5. The number of rotatable bonds is 6. The number of amides is 1. The van der Waals surface area contributed by atoms with Crippen molar-refractivity contribution < 1.29 is 9.53 Å². The standard InChI is InChI=1S/C23H21Cl2N5O2/c1-2-21(31)28-20-12-15(6-7-18(20)24)22-19(25)14-26-23(29-22)27-16-4-3-5-17(13-16)30-8-10-32-11-9-30/h2-7,12-14H,1,8-11H2,(H,28,31)(H,26,27,29). The monoisotopic (exact) mass is 469 g/mol. The van der Waals surface area contributed by atoms with Crippen LogP contribution in [0.5, 0.6) is 0 Å². The number of halogens is 2. The van der Waals surface area contributed by atoms with Gasteiger partial charge < -0.3 is 20.3 Å². The number of hydrogen-bond donors (Lipinski definition) is 2. The lowest BCUT2D eigenvalue weighted by molar-refractivity contribution is -0.111. The molecule has 0 spiro atoms.